The summed E-state index contributed by atoms with van der Waals surface area (Å²) >= 11 is 0. The maximum Gasteiger partial charge on any atom is 0.321 e. The van der Waals surface area contributed by atoms with E-state index in [9.17, 15) is 13.2 Å². The Balaban J connectivity index is 1.62. The maximum absolute atomic E-state index is 12.6. The summed E-state index contributed by atoms with van der Waals surface area (Å²) in [5.41, 5.74) is 1.29. The Morgan fingerprint density at radius 3 is 2.37 bits per heavy atom. The lowest BCUT2D eigenvalue weighted by Gasteiger charge is -2.48. The fourth-order valence-electron chi connectivity index (χ4n) is 3.89. The minimum absolute atomic E-state index is 0.105. The summed E-state index contributed by atoms with van der Waals surface area (Å²) in [7, 11) is -3.33. The number of ether oxygens (including phenoxy) is 1. The van der Waals surface area contributed by atoms with Crippen LogP contribution in [0.4, 0.5) is 10.5 Å². The van der Waals surface area contributed by atoms with Crippen LogP contribution in [0.1, 0.15) is 25.3 Å². The van der Waals surface area contributed by atoms with Crippen LogP contribution in [-0.4, -0.2) is 75.4 Å². The number of benzene rings is 1. The molecule has 150 valence electrons. The van der Waals surface area contributed by atoms with E-state index >= 15 is 0 Å². The summed E-state index contributed by atoms with van der Waals surface area (Å²) in [6.45, 7) is 8.83. The number of carbonyl (C=O) groups excluding carboxylic acids is 1. The van der Waals surface area contributed by atoms with Crippen LogP contribution in [0, 0.1) is 6.92 Å². The van der Waals surface area contributed by atoms with E-state index in [0.717, 1.165) is 39.1 Å². The molecule has 2 fully saturated rings. The average molecular weight is 396 g/mol. The van der Waals surface area contributed by atoms with E-state index < -0.39 is 9.84 Å². The SMILES string of the molecule is Cc1ccc(NC(=O)N2CCC(C)(N3CCOCC3)CC2)cc1S(C)(=O)=O. The molecule has 1 aromatic carbocycles. The lowest BCUT2D eigenvalue weighted by atomic mass is 9.87. The summed E-state index contributed by atoms with van der Waals surface area (Å²) in [6.07, 6.45) is 3.02. The molecule has 8 heteroatoms. The summed E-state index contributed by atoms with van der Waals surface area (Å²) in [6, 6.07) is 4.81. The third kappa shape index (κ3) is 4.62. The molecule has 2 aliphatic rings. The molecule has 0 aromatic heterocycles. The number of sulfone groups is 1. The van der Waals surface area contributed by atoms with E-state index in [2.05, 4.69) is 17.1 Å². The molecule has 1 N–H and O–H groups in total. The minimum Gasteiger partial charge on any atom is -0.379 e. The monoisotopic (exact) mass is 395 g/mol. The van der Waals surface area contributed by atoms with Crippen LogP contribution >= 0.6 is 0 Å². The molecule has 0 atom stereocenters. The van der Waals surface area contributed by atoms with Crippen molar-refractivity contribution >= 4 is 21.6 Å². The highest BCUT2D eigenvalue weighted by Gasteiger charge is 2.37. The summed E-state index contributed by atoms with van der Waals surface area (Å²) in [4.78, 5) is 17.2. The lowest BCUT2D eigenvalue weighted by Crippen LogP contribution is -2.57. The van der Waals surface area contributed by atoms with Crippen molar-refractivity contribution in [1.29, 1.82) is 0 Å². The number of hydrogen-bond donors (Lipinski definition) is 1. The van der Waals surface area contributed by atoms with Gasteiger partial charge in [0.25, 0.3) is 0 Å². The molecule has 0 spiro atoms. The second-order valence-electron chi connectivity index (χ2n) is 7.77. The summed E-state index contributed by atoms with van der Waals surface area (Å²) in [5, 5.41) is 2.85. The quantitative estimate of drug-likeness (QED) is 0.848. The van der Waals surface area contributed by atoms with Crippen molar-refractivity contribution in [2.24, 2.45) is 0 Å². The zero-order valence-electron chi connectivity index (χ0n) is 16.3. The Hall–Kier alpha value is -1.64. The molecule has 0 radical (unpaired) electrons. The first-order chi connectivity index (χ1) is 12.7. The zero-order valence-corrected chi connectivity index (χ0v) is 17.1. The molecule has 2 amide bonds. The zero-order chi connectivity index (χ0) is 19.7. The molecule has 2 aliphatic heterocycles. The smallest absolute Gasteiger partial charge is 0.321 e. The van der Waals surface area contributed by atoms with Gasteiger partial charge in [0, 0.05) is 43.7 Å². The van der Waals surface area contributed by atoms with Gasteiger partial charge in [-0.3, -0.25) is 4.90 Å². The van der Waals surface area contributed by atoms with Crippen LogP contribution in [0.25, 0.3) is 0 Å². The highest BCUT2D eigenvalue weighted by Crippen LogP contribution is 2.29. The number of nitrogens with zero attached hydrogens (tertiary/aromatic N) is 2. The highest BCUT2D eigenvalue weighted by atomic mass is 32.2. The van der Waals surface area contributed by atoms with Gasteiger partial charge in [0.2, 0.25) is 0 Å². The minimum atomic E-state index is -3.33. The number of likely N-dealkylation sites (tertiary alicyclic amines) is 1. The Bertz CT molecular complexity index is 795. The van der Waals surface area contributed by atoms with Crippen molar-refractivity contribution in [1.82, 2.24) is 9.80 Å². The lowest BCUT2D eigenvalue weighted by molar-refractivity contribution is -0.0352. The van der Waals surface area contributed by atoms with Gasteiger partial charge >= 0.3 is 6.03 Å². The number of amides is 2. The number of rotatable bonds is 3. The molecule has 3 rings (SSSR count). The largest absolute Gasteiger partial charge is 0.379 e. The molecule has 27 heavy (non-hydrogen) atoms. The van der Waals surface area contributed by atoms with Crippen LogP contribution in [0.15, 0.2) is 23.1 Å². The van der Waals surface area contributed by atoms with E-state index in [1.165, 1.54) is 12.3 Å². The molecule has 2 saturated heterocycles. The number of piperidine rings is 1. The standard InChI is InChI=1S/C19H29N3O4S/c1-15-4-5-16(14-17(15)27(3,24)25)20-18(23)21-8-6-19(2,7-9-21)22-10-12-26-13-11-22/h4-5,14H,6-13H2,1-3H3,(H,20,23). The van der Waals surface area contributed by atoms with Crippen LogP contribution < -0.4 is 5.32 Å². The average Bonchev–Trinajstić information content (AvgIpc) is 2.63. The van der Waals surface area contributed by atoms with Crippen molar-refractivity contribution in [3.63, 3.8) is 0 Å². The molecular formula is C19H29N3O4S. The second-order valence-corrected chi connectivity index (χ2v) is 9.75. The van der Waals surface area contributed by atoms with Crippen molar-refractivity contribution in [3.05, 3.63) is 23.8 Å². The fraction of sp³-hybridized carbons (Fsp3) is 0.632. The number of carbonyl (C=O) groups is 1. The first-order valence-corrected chi connectivity index (χ1v) is 11.3. The summed E-state index contributed by atoms with van der Waals surface area (Å²) in [5.74, 6) is 0. The molecule has 1 aromatic rings. The van der Waals surface area contributed by atoms with Gasteiger partial charge in [0.15, 0.2) is 9.84 Å². The molecule has 2 heterocycles. The van der Waals surface area contributed by atoms with Crippen LogP contribution in [0.2, 0.25) is 0 Å². The summed E-state index contributed by atoms with van der Waals surface area (Å²) < 4.78 is 29.2. The second kappa shape index (κ2) is 7.77. The van der Waals surface area contributed by atoms with E-state index in [0.29, 0.717) is 24.3 Å². The van der Waals surface area contributed by atoms with E-state index in [4.69, 9.17) is 4.74 Å². The molecule has 0 aliphatic carbocycles. The Morgan fingerprint density at radius 1 is 1.15 bits per heavy atom. The first-order valence-electron chi connectivity index (χ1n) is 9.38. The van der Waals surface area contributed by atoms with Gasteiger partial charge < -0.3 is 15.0 Å². The van der Waals surface area contributed by atoms with E-state index in [-0.39, 0.29) is 16.5 Å². The Kier molecular flexibility index (Phi) is 5.79. The van der Waals surface area contributed by atoms with Crippen molar-refractivity contribution in [2.45, 2.75) is 37.1 Å². The Labute approximate surface area is 161 Å². The van der Waals surface area contributed by atoms with Gasteiger partial charge in [-0.25, -0.2) is 13.2 Å². The third-order valence-corrected chi connectivity index (χ3v) is 6.98. The van der Waals surface area contributed by atoms with Crippen LogP contribution in [0.5, 0.6) is 0 Å². The van der Waals surface area contributed by atoms with Crippen LogP contribution in [-0.2, 0) is 14.6 Å². The van der Waals surface area contributed by atoms with Gasteiger partial charge in [-0.05, 0) is 44.4 Å². The first kappa shape index (κ1) is 20.1. The van der Waals surface area contributed by atoms with Gasteiger partial charge in [-0.15, -0.1) is 0 Å². The van der Waals surface area contributed by atoms with Crippen molar-refractivity contribution in [2.75, 3.05) is 51.0 Å². The van der Waals surface area contributed by atoms with Gasteiger partial charge in [0.1, 0.15) is 0 Å². The number of aryl methyl sites for hydroxylation is 1. The van der Waals surface area contributed by atoms with Gasteiger partial charge in [0.05, 0.1) is 18.1 Å². The number of urea groups is 1. The van der Waals surface area contributed by atoms with Gasteiger partial charge in [-0.2, -0.15) is 0 Å². The van der Waals surface area contributed by atoms with Gasteiger partial charge in [-0.1, -0.05) is 6.07 Å². The predicted molar refractivity (Wildman–Crippen MR) is 105 cm³/mol. The molecule has 0 bridgehead atoms. The number of morpholine rings is 1. The number of anilines is 1. The Morgan fingerprint density at radius 2 is 1.78 bits per heavy atom. The number of nitrogens with one attached hydrogen (secondary N) is 1. The molecular weight excluding hydrogens is 366 g/mol. The normalized spacial score (nSPS) is 21.1. The number of hydrogen-bond acceptors (Lipinski definition) is 5. The van der Waals surface area contributed by atoms with Crippen LogP contribution in [0.3, 0.4) is 0 Å². The predicted octanol–water partition coefficient (Wildman–Crippen LogP) is 2.12. The molecule has 0 saturated carbocycles. The highest BCUT2D eigenvalue weighted by molar-refractivity contribution is 7.90. The van der Waals surface area contributed by atoms with E-state index in [1.807, 2.05) is 4.90 Å². The maximum atomic E-state index is 12.6. The third-order valence-electron chi connectivity index (χ3n) is 5.74. The fourth-order valence-corrected chi connectivity index (χ4v) is 4.88. The van der Waals surface area contributed by atoms with Crippen molar-refractivity contribution < 1.29 is 17.9 Å². The van der Waals surface area contributed by atoms with E-state index in [1.54, 1.807) is 19.1 Å². The molecule has 0 unspecified atom stereocenters. The molecule has 7 nitrogen and oxygen atoms in total. The topological polar surface area (TPSA) is 79.0 Å². The van der Waals surface area contributed by atoms with Crippen molar-refractivity contribution in [3.8, 4) is 0 Å².